The van der Waals surface area contributed by atoms with Gasteiger partial charge in [0.1, 0.15) is 0 Å². The van der Waals surface area contributed by atoms with E-state index in [1.807, 2.05) is 6.92 Å². The molecule has 1 aromatic rings. The fourth-order valence-corrected chi connectivity index (χ4v) is 10.1. The molecule has 1 rings (SSSR count). The summed E-state index contributed by atoms with van der Waals surface area (Å²) in [6.45, 7) is 4.95. The number of hydrogen-bond donors (Lipinski definition) is 0. The normalized spacial score (nSPS) is 13.6. The molecule has 0 fully saturated rings. The summed E-state index contributed by atoms with van der Waals surface area (Å²) in [5, 5.41) is 0. The molecular formula is C10H11Br3O4S2. The number of aryl methyl sites for hydroxylation is 3. The lowest BCUT2D eigenvalue weighted by molar-refractivity contribution is 0.583. The van der Waals surface area contributed by atoms with Crippen LogP contribution in [0.2, 0.25) is 0 Å². The third kappa shape index (κ3) is 3.09. The van der Waals surface area contributed by atoms with Crippen molar-refractivity contribution in [1.29, 1.82) is 0 Å². The summed E-state index contributed by atoms with van der Waals surface area (Å²) in [5.74, 6) is 0. The van der Waals surface area contributed by atoms with Crippen LogP contribution in [-0.4, -0.2) is 18.3 Å². The third-order valence-electron chi connectivity index (χ3n) is 2.43. The zero-order valence-corrected chi connectivity index (χ0v) is 16.6. The van der Waals surface area contributed by atoms with Crippen molar-refractivity contribution in [2.75, 3.05) is 0 Å². The molecule has 0 aliphatic heterocycles. The van der Waals surface area contributed by atoms with Crippen molar-refractivity contribution in [3.05, 3.63) is 28.8 Å². The molecule has 0 unspecified atom stereocenters. The van der Waals surface area contributed by atoms with Crippen molar-refractivity contribution in [3.8, 4) is 0 Å². The summed E-state index contributed by atoms with van der Waals surface area (Å²) in [7, 11) is -9.11. The van der Waals surface area contributed by atoms with Crippen LogP contribution in [0.25, 0.3) is 0 Å². The fourth-order valence-electron chi connectivity index (χ4n) is 1.80. The van der Waals surface area contributed by atoms with E-state index in [1.54, 1.807) is 26.0 Å². The van der Waals surface area contributed by atoms with Gasteiger partial charge in [-0.25, -0.2) is 16.8 Å². The molecule has 0 atom stereocenters. The van der Waals surface area contributed by atoms with Gasteiger partial charge in [-0.05, 0) is 79.7 Å². The van der Waals surface area contributed by atoms with E-state index in [9.17, 15) is 16.8 Å². The second-order valence-corrected chi connectivity index (χ2v) is 17.9. The summed E-state index contributed by atoms with van der Waals surface area (Å²) in [6, 6.07) is 3.27. The SMILES string of the molecule is Cc1cc(C)c(S(=O)(=O)S(=O)(=O)C(Br)(Br)Br)c(C)c1. The van der Waals surface area contributed by atoms with E-state index < -0.39 is 19.2 Å². The van der Waals surface area contributed by atoms with Crippen LogP contribution in [-0.2, 0) is 17.7 Å². The average Bonchev–Trinajstić information content (AvgIpc) is 2.12. The molecule has 0 bridgehead atoms. The first-order chi connectivity index (χ1) is 8.32. The van der Waals surface area contributed by atoms with E-state index >= 15 is 0 Å². The Bertz CT molecular complexity index is 693. The van der Waals surface area contributed by atoms with Crippen LogP contribution in [0.5, 0.6) is 0 Å². The maximum Gasteiger partial charge on any atom is 0.293 e. The predicted octanol–water partition coefficient (Wildman–Crippen LogP) is 3.51. The molecule has 108 valence electrons. The molecule has 0 saturated heterocycles. The molecule has 0 N–H and O–H groups in total. The van der Waals surface area contributed by atoms with Gasteiger partial charge in [-0.15, -0.1) is 0 Å². The number of rotatable bonds is 2. The minimum atomic E-state index is -4.56. The van der Waals surface area contributed by atoms with E-state index in [1.165, 1.54) is 0 Å². The summed E-state index contributed by atoms with van der Waals surface area (Å²) >= 11 is 8.29. The van der Waals surface area contributed by atoms with E-state index in [0.717, 1.165) is 5.56 Å². The standard InChI is InChI=1S/C10H11Br3O4S2/c1-6-4-7(2)9(8(3)5-6)18(14,15)19(16,17)10(11,12)13/h4-5H,1-3H3. The smallest absolute Gasteiger partial charge is 0.209 e. The Morgan fingerprint density at radius 2 is 1.26 bits per heavy atom. The molecule has 9 heteroatoms. The Kier molecular flexibility index (Phi) is 5.00. The quantitative estimate of drug-likeness (QED) is 0.462. The van der Waals surface area contributed by atoms with Crippen LogP contribution in [0.15, 0.2) is 17.0 Å². The number of benzene rings is 1. The first kappa shape index (κ1) is 17.6. The van der Waals surface area contributed by atoms with Crippen LogP contribution in [0.1, 0.15) is 16.7 Å². The van der Waals surface area contributed by atoms with Gasteiger partial charge in [0.2, 0.25) is 1.47 Å². The first-order valence-electron chi connectivity index (χ1n) is 4.96. The molecule has 0 saturated carbocycles. The van der Waals surface area contributed by atoms with E-state index in [-0.39, 0.29) is 4.90 Å². The Hall–Kier alpha value is 0.560. The third-order valence-corrected chi connectivity index (χ3v) is 13.5. The number of hydrogen-bond acceptors (Lipinski definition) is 4. The summed E-state index contributed by atoms with van der Waals surface area (Å²) in [6.07, 6.45) is 0. The highest BCUT2D eigenvalue weighted by molar-refractivity contribution is 9.43. The zero-order chi connectivity index (χ0) is 15.2. The maximum atomic E-state index is 12.4. The van der Waals surface area contributed by atoms with Gasteiger partial charge in [0.15, 0.2) is 0 Å². The Balaban J connectivity index is 3.74. The monoisotopic (exact) mass is 496 g/mol. The van der Waals surface area contributed by atoms with Crippen LogP contribution >= 0.6 is 47.8 Å². The minimum Gasteiger partial charge on any atom is -0.209 e. The Morgan fingerprint density at radius 3 is 1.58 bits per heavy atom. The van der Waals surface area contributed by atoms with Crippen LogP contribution < -0.4 is 0 Å². The van der Waals surface area contributed by atoms with Crippen molar-refractivity contribution in [2.24, 2.45) is 0 Å². The van der Waals surface area contributed by atoms with Crippen molar-refractivity contribution < 1.29 is 16.8 Å². The lowest BCUT2D eigenvalue weighted by Crippen LogP contribution is -2.28. The molecule has 0 aromatic heterocycles. The van der Waals surface area contributed by atoms with Gasteiger partial charge in [0.05, 0.1) is 4.90 Å². The van der Waals surface area contributed by atoms with Gasteiger partial charge < -0.3 is 0 Å². The van der Waals surface area contributed by atoms with Crippen LogP contribution in [0.3, 0.4) is 0 Å². The van der Waals surface area contributed by atoms with Crippen LogP contribution in [0, 0.1) is 20.8 Å². The van der Waals surface area contributed by atoms with E-state index in [2.05, 4.69) is 47.8 Å². The highest BCUT2D eigenvalue weighted by atomic mass is 80.0. The Labute approximate surface area is 137 Å². The number of alkyl halides is 3. The lowest BCUT2D eigenvalue weighted by Gasteiger charge is -2.17. The molecule has 1 aromatic carbocycles. The second kappa shape index (κ2) is 5.40. The van der Waals surface area contributed by atoms with Crippen molar-refractivity contribution in [2.45, 2.75) is 27.1 Å². The molecular weight excluding hydrogens is 488 g/mol. The van der Waals surface area contributed by atoms with Gasteiger partial charge in [-0.2, -0.15) is 0 Å². The van der Waals surface area contributed by atoms with Gasteiger partial charge in [0, 0.05) is 0 Å². The highest BCUT2D eigenvalue weighted by Crippen LogP contribution is 2.44. The second-order valence-electron chi connectivity index (χ2n) is 4.08. The Morgan fingerprint density at radius 1 is 0.895 bits per heavy atom. The van der Waals surface area contributed by atoms with Gasteiger partial charge in [-0.1, -0.05) is 17.7 Å². The van der Waals surface area contributed by atoms with Gasteiger partial charge in [0.25, 0.3) is 17.7 Å². The molecule has 0 radical (unpaired) electrons. The maximum absolute atomic E-state index is 12.4. The number of halogens is 3. The summed E-state index contributed by atoms with van der Waals surface area (Å²) in [5.41, 5.74) is 1.67. The molecule has 0 aliphatic carbocycles. The fraction of sp³-hybridized carbons (Fsp3) is 0.400. The van der Waals surface area contributed by atoms with Gasteiger partial charge >= 0.3 is 0 Å². The van der Waals surface area contributed by atoms with Gasteiger partial charge in [-0.3, -0.25) is 0 Å². The lowest BCUT2D eigenvalue weighted by atomic mass is 10.1. The average molecular weight is 499 g/mol. The summed E-state index contributed by atoms with van der Waals surface area (Å²) < 4.78 is 47.1. The minimum absolute atomic E-state index is 0.180. The first-order valence-corrected chi connectivity index (χ1v) is 10.8. The summed E-state index contributed by atoms with van der Waals surface area (Å²) in [4.78, 5) is -0.180. The highest BCUT2D eigenvalue weighted by Gasteiger charge is 2.48. The largest absolute Gasteiger partial charge is 0.293 e. The van der Waals surface area contributed by atoms with Crippen molar-refractivity contribution in [1.82, 2.24) is 0 Å². The molecule has 0 spiro atoms. The zero-order valence-electron chi connectivity index (χ0n) is 10.2. The molecule has 19 heavy (non-hydrogen) atoms. The molecule has 4 nitrogen and oxygen atoms in total. The van der Waals surface area contributed by atoms with Crippen LogP contribution in [0.4, 0.5) is 0 Å². The van der Waals surface area contributed by atoms with Crippen molar-refractivity contribution >= 4 is 65.5 Å². The predicted molar refractivity (Wildman–Crippen MR) is 86.3 cm³/mol. The molecule has 0 amide bonds. The molecule has 0 heterocycles. The van der Waals surface area contributed by atoms with E-state index in [0.29, 0.717) is 11.1 Å². The van der Waals surface area contributed by atoms with E-state index in [4.69, 9.17) is 0 Å². The topological polar surface area (TPSA) is 68.3 Å². The van der Waals surface area contributed by atoms with Crippen molar-refractivity contribution in [3.63, 3.8) is 0 Å². The molecule has 0 aliphatic rings.